The summed E-state index contributed by atoms with van der Waals surface area (Å²) in [7, 11) is -4.06. The molecular formula is C26H26BrN5O5S. The second-order valence-electron chi connectivity index (χ2n) is 9.36. The summed E-state index contributed by atoms with van der Waals surface area (Å²) < 4.78 is 30.0. The van der Waals surface area contributed by atoms with Gasteiger partial charge in [-0.25, -0.2) is 15.1 Å². The molecular weight excluding hydrogens is 574 g/mol. The number of benzene rings is 2. The molecule has 1 aliphatic rings. The predicted molar refractivity (Wildman–Crippen MR) is 146 cm³/mol. The number of aromatic nitrogens is 3. The van der Waals surface area contributed by atoms with E-state index in [-0.39, 0.29) is 23.9 Å². The van der Waals surface area contributed by atoms with Gasteiger partial charge in [0.15, 0.2) is 5.78 Å². The Bertz CT molecular complexity index is 1590. The van der Waals surface area contributed by atoms with Crippen molar-refractivity contribution >= 4 is 48.7 Å². The quantitative estimate of drug-likeness (QED) is 0.248. The van der Waals surface area contributed by atoms with E-state index in [1.165, 1.54) is 12.5 Å². The number of carbonyl (C=O) groups is 1. The Kier molecular flexibility index (Phi) is 7.59. The molecule has 2 aromatic carbocycles. The monoisotopic (exact) mass is 599 g/mol. The first-order valence-corrected chi connectivity index (χ1v) is 14.2. The van der Waals surface area contributed by atoms with Crippen molar-refractivity contribution in [3.8, 4) is 0 Å². The highest BCUT2D eigenvalue weighted by molar-refractivity contribution is 9.10. The largest absolute Gasteiger partial charge is 0.391 e. The topological polar surface area (TPSA) is 149 Å². The highest BCUT2D eigenvalue weighted by Gasteiger charge is 2.35. The van der Waals surface area contributed by atoms with Crippen LogP contribution in [0.25, 0.3) is 10.9 Å². The predicted octanol–water partition coefficient (Wildman–Crippen LogP) is 3.24. The Morgan fingerprint density at radius 3 is 2.79 bits per heavy atom. The van der Waals surface area contributed by atoms with Gasteiger partial charge in [0.05, 0.1) is 24.3 Å². The summed E-state index contributed by atoms with van der Waals surface area (Å²) in [6, 6.07) is 15.3. The highest BCUT2D eigenvalue weighted by atomic mass is 79.9. The van der Waals surface area contributed by atoms with Gasteiger partial charge in [-0.1, -0.05) is 46.3 Å². The molecule has 12 heteroatoms. The molecule has 0 aliphatic heterocycles. The van der Waals surface area contributed by atoms with Gasteiger partial charge in [-0.15, -0.1) is 0 Å². The zero-order valence-electron chi connectivity index (χ0n) is 20.2. The van der Waals surface area contributed by atoms with Crippen molar-refractivity contribution < 1.29 is 22.5 Å². The molecule has 3 atom stereocenters. The summed E-state index contributed by atoms with van der Waals surface area (Å²) in [4.78, 5) is 22.2. The molecule has 0 unspecified atom stereocenters. The third kappa shape index (κ3) is 5.94. The number of hydrogen-bond donors (Lipinski definition) is 3. The molecule has 1 fully saturated rings. The summed E-state index contributed by atoms with van der Waals surface area (Å²) in [5.74, 6) is -0.178. The van der Waals surface area contributed by atoms with E-state index in [9.17, 15) is 18.3 Å². The fourth-order valence-corrected chi connectivity index (χ4v) is 5.75. The van der Waals surface area contributed by atoms with Crippen LogP contribution in [0.4, 0.5) is 5.82 Å². The van der Waals surface area contributed by atoms with Crippen molar-refractivity contribution in [1.82, 2.24) is 14.5 Å². The minimum absolute atomic E-state index is 0.124. The number of nitrogens with one attached hydrogen (secondary N) is 1. The Morgan fingerprint density at radius 1 is 1.18 bits per heavy atom. The van der Waals surface area contributed by atoms with Crippen LogP contribution < -0.4 is 10.5 Å². The van der Waals surface area contributed by atoms with Gasteiger partial charge in [0, 0.05) is 39.9 Å². The third-order valence-electron chi connectivity index (χ3n) is 6.65. The number of aliphatic hydroxyl groups excluding tert-OH is 1. The van der Waals surface area contributed by atoms with Gasteiger partial charge in [0.1, 0.15) is 12.1 Å². The van der Waals surface area contributed by atoms with E-state index in [0.29, 0.717) is 30.8 Å². The number of hydrogen-bond acceptors (Lipinski definition) is 8. The van der Waals surface area contributed by atoms with E-state index in [1.54, 1.807) is 0 Å². The normalized spacial score (nSPS) is 19.6. The lowest BCUT2D eigenvalue weighted by Gasteiger charge is -2.18. The lowest BCUT2D eigenvalue weighted by atomic mass is 10.0. The van der Waals surface area contributed by atoms with Gasteiger partial charge in [-0.2, -0.15) is 8.42 Å². The van der Waals surface area contributed by atoms with Crippen molar-refractivity contribution in [1.29, 1.82) is 0 Å². The van der Waals surface area contributed by atoms with E-state index < -0.39 is 22.4 Å². The number of carbonyl (C=O) groups excluding carboxylic acids is 1. The first-order valence-electron chi connectivity index (χ1n) is 12.0. The molecule has 5 rings (SSSR count). The van der Waals surface area contributed by atoms with Crippen LogP contribution in [0.2, 0.25) is 0 Å². The minimum atomic E-state index is -4.06. The summed E-state index contributed by atoms with van der Waals surface area (Å²) in [6.45, 7) is 0.459. The molecule has 1 saturated carbocycles. The molecule has 2 aromatic heterocycles. The van der Waals surface area contributed by atoms with Gasteiger partial charge in [0.2, 0.25) is 0 Å². The molecule has 0 bridgehead atoms. The molecule has 1 aliphatic carbocycles. The Labute approximate surface area is 228 Å². The maximum absolute atomic E-state index is 13.8. The number of halogens is 1. The van der Waals surface area contributed by atoms with Crippen LogP contribution in [0.1, 0.15) is 34.3 Å². The van der Waals surface area contributed by atoms with E-state index in [2.05, 4.69) is 31.2 Å². The number of para-hydroxylation sites is 1. The second-order valence-corrected chi connectivity index (χ2v) is 11.5. The molecule has 0 spiro atoms. The second kappa shape index (κ2) is 10.9. The number of fused-ring (bicyclic) bond motifs is 1. The van der Waals surface area contributed by atoms with Gasteiger partial charge in [-0.3, -0.25) is 8.98 Å². The summed E-state index contributed by atoms with van der Waals surface area (Å²) >= 11 is 3.51. The van der Waals surface area contributed by atoms with Gasteiger partial charge in [0.25, 0.3) is 0 Å². The van der Waals surface area contributed by atoms with Crippen LogP contribution in [0.5, 0.6) is 0 Å². The molecule has 0 saturated heterocycles. The fraction of sp³-hybridized carbons (Fsp3) is 0.269. The average molecular weight is 600 g/mol. The van der Waals surface area contributed by atoms with Crippen LogP contribution in [-0.4, -0.2) is 52.6 Å². The van der Waals surface area contributed by atoms with Crippen LogP contribution in [-0.2, 0) is 21.0 Å². The van der Waals surface area contributed by atoms with Gasteiger partial charge < -0.3 is 15.0 Å². The number of nitrogens with zero attached hydrogens (tertiary/aromatic N) is 3. The zero-order chi connectivity index (χ0) is 26.9. The maximum Gasteiger partial charge on any atom is 0.333 e. The van der Waals surface area contributed by atoms with Crippen LogP contribution in [0.3, 0.4) is 0 Å². The summed E-state index contributed by atoms with van der Waals surface area (Å²) in [6.07, 6.45) is 4.59. The maximum atomic E-state index is 13.8. The van der Waals surface area contributed by atoms with Crippen LogP contribution >= 0.6 is 15.9 Å². The van der Waals surface area contributed by atoms with Crippen LogP contribution in [0.15, 0.2) is 71.7 Å². The smallest absolute Gasteiger partial charge is 0.333 e. The van der Waals surface area contributed by atoms with Crippen molar-refractivity contribution in [3.05, 3.63) is 88.4 Å². The standard InChI is InChI=1S/C26H26BrN5O5S/c27-18-5-3-4-16(8-18)12-32-13-21(19-6-1-2-7-23(19)32)25(34)20-11-29-15-30-26(20)31-22-9-17(10-24(22)33)14-37-38(28,35)36/h1-8,11,13,15,17,22,24,33H,9-10,12,14H2,(H2,28,35,36)(H,29,30,31)/t17-,22+,24+/m0/s1. The average Bonchev–Trinajstić information content (AvgIpc) is 3.42. The van der Waals surface area contributed by atoms with E-state index in [0.717, 1.165) is 20.9 Å². The Hall–Kier alpha value is -3.16. The van der Waals surface area contributed by atoms with Crippen molar-refractivity contribution in [2.75, 3.05) is 11.9 Å². The van der Waals surface area contributed by atoms with Crippen molar-refractivity contribution in [2.24, 2.45) is 11.1 Å². The Balaban J connectivity index is 1.41. The molecule has 2 heterocycles. The van der Waals surface area contributed by atoms with Crippen LogP contribution in [0, 0.1) is 5.92 Å². The molecule has 4 aromatic rings. The fourth-order valence-electron chi connectivity index (χ4n) is 4.92. The number of anilines is 1. The number of rotatable bonds is 9. The molecule has 0 radical (unpaired) electrons. The van der Waals surface area contributed by atoms with Gasteiger partial charge >= 0.3 is 10.3 Å². The summed E-state index contributed by atoms with van der Waals surface area (Å²) in [5, 5.41) is 19.5. The third-order valence-corrected chi connectivity index (χ3v) is 7.61. The van der Waals surface area contributed by atoms with Crippen molar-refractivity contribution in [2.45, 2.75) is 31.5 Å². The first kappa shape index (κ1) is 26.4. The number of nitrogens with two attached hydrogens (primary N) is 1. The van der Waals surface area contributed by atoms with Crippen molar-refractivity contribution in [3.63, 3.8) is 0 Å². The lowest BCUT2D eigenvalue weighted by Crippen LogP contribution is -2.29. The van der Waals surface area contributed by atoms with Gasteiger partial charge in [-0.05, 0) is 42.5 Å². The molecule has 38 heavy (non-hydrogen) atoms. The Morgan fingerprint density at radius 2 is 2.00 bits per heavy atom. The SMILES string of the molecule is NS(=O)(=O)OC[C@@H]1C[C@@H](O)[C@H](Nc2ncncc2C(=O)c2cn(Cc3cccc(Br)c3)c3ccccc23)C1. The summed E-state index contributed by atoms with van der Waals surface area (Å²) in [5.41, 5.74) is 2.79. The van der Waals surface area contributed by atoms with E-state index in [4.69, 9.17) is 9.32 Å². The van der Waals surface area contributed by atoms with E-state index in [1.807, 2.05) is 59.3 Å². The molecule has 198 valence electrons. The van der Waals surface area contributed by atoms with E-state index >= 15 is 0 Å². The number of ketones is 1. The molecule has 4 N–H and O–H groups in total. The molecule has 0 amide bonds. The minimum Gasteiger partial charge on any atom is -0.391 e. The number of aliphatic hydroxyl groups is 1. The molecule has 10 nitrogen and oxygen atoms in total. The zero-order valence-corrected chi connectivity index (χ0v) is 22.6. The first-order chi connectivity index (χ1) is 18.2. The lowest BCUT2D eigenvalue weighted by molar-refractivity contribution is 0.103. The highest BCUT2D eigenvalue weighted by Crippen LogP contribution is 2.31.